The van der Waals surface area contributed by atoms with Gasteiger partial charge in [0.2, 0.25) is 0 Å². The van der Waals surface area contributed by atoms with Crippen molar-refractivity contribution in [1.29, 1.82) is 0 Å². The van der Waals surface area contributed by atoms with Crippen molar-refractivity contribution in [2.24, 2.45) is 5.92 Å². The van der Waals surface area contributed by atoms with E-state index in [1.165, 1.54) is 12.8 Å². The summed E-state index contributed by atoms with van der Waals surface area (Å²) in [5, 5.41) is 15.3. The zero-order valence-corrected chi connectivity index (χ0v) is 17.3. The Balaban J connectivity index is 1.69. The third kappa shape index (κ3) is 4.80. The van der Waals surface area contributed by atoms with E-state index >= 15 is 0 Å². The molecule has 27 heavy (non-hydrogen) atoms. The first kappa shape index (κ1) is 20.5. The number of benzene rings is 1. The molecule has 2 fully saturated rings. The lowest BCUT2D eigenvalue weighted by molar-refractivity contribution is -0.0113. The molecule has 0 radical (unpaired) electrons. The lowest BCUT2D eigenvalue weighted by atomic mass is 9.83. The molecule has 0 amide bonds. The van der Waals surface area contributed by atoms with Crippen LogP contribution >= 0.6 is 0 Å². The Bertz CT molecular complexity index is 604. The van der Waals surface area contributed by atoms with E-state index in [1.807, 2.05) is 24.3 Å². The molecule has 4 heteroatoms. The van der Waals surface area contributed by atoms with E-state index < -0.39 is 5.60 Å². The minimum Gasteiger partial charge on any atom is -0.383 e. The average Bonchev–Trinajstić information content (AvgIpc) is 3.00. The van der Waals surface area contributed by atoms with E-state index in [-0.39, 0.29) is 11.5 Å². The Morgan fingerprint density at radius 2 is 1.89 bits per heavy atom. The highest BCUT2D eigenvalue weighted by Gasteiger charge is 2.49. The molecule has 1 aromatic rings. The molecule has 2 heterocycles. The normalized spacial score (nSPS) is 28.5. The number of aliphatic hydroxyl groups is 1. The van der Waals surface area contributed by atoms with Gasteiger partial charge in [0.25, 0.3) is 0 Å². The van der Waals surface area contributed by atoms with Crippen molar-refractivity contribution in [3.8, 4) is 0 Å². The van der Waals surface area contributed by atoms with E-state index in [1.54, 1.807) is 0 Å². The van der Waals surface area contributed by atoms with Crippen LogP contribution in [0, 0.1) is 5.92 Å². The third-order valence-electron chi connectivity index (χ3n) is 6.39. The minimum absolute atomic E-state index is 0.0686. The monoisotopic (exact) mass is 371 g/mol. The van der Waals surface area contributed by atoms with Gasteiger partial charge in [0.1, 0.15) is 5.60 Å². The number of likely N-dealkylation sites (tertiary alicyclic amines) is 2. The second-order valence-electron chi connectivity index (χ2n) is 9.31. The highest BCUT2D eigenvalue weighted by Crippen LogP contribution is 2.40. The van der Waals surface area contributed by atoms with Gasteiger partial charge in [-0.25, -0.2) is 0 Å². The van der Waals surface area contributed by atoms with Crippen LogP contribution in [0.1, 0.15) is 39.2 Å². The summed E-state index contributed by atoms with van der Waals surface area (Å²) in [4.78, 5) is 5.00. The van der Waals surface area contributed by atoms with Crippen LogP contribution in [0.25, 0.3) is 0 Å². The summed E-state index contributed by atoms with van der Waals surface area (Å²) in [5.74, 6) is 0.233. The molecule has 0 aromatic heterocycles. The van der Waals surface area contributed by atoms with Crippen molar-refractivity contribution < 1.29 is 5.11 Å². The van der Waals surface area contributed by atoms with Gasteiger partial charge < -0.3 is 15.3 Å². The molecule has 2 atom stereocenters. The summed E-state index contributed by atoms with van der Waals surface area (Å²) in [6.07, 6.45) is 4.28. The quantitative estimate of drug-likeness (QED) is 0.754. The third-order valence-corrected chi connectivity index (χ3v) is 6.39. The van der Waals surface area contributed by atoms with Gasteiger partial charge in [-0.1, -0.05) is 36.4 Å². The van der Waals surface area contributed by atoms with E-state index in [0.29, 0.717) is 12.6 Å². The van der Waals surface area contributed by atoms with E-state index in [9.17, 15) is 5.11 Å². The van der Waals surface area contributed by atoms with Gasteiger partial charge in [-0.05, 0) is 52.3 Å². The summed E-state index contributed by atoms with van der Waals surface area (Å²) < 4.78 is 0. The minimum atomic E-state index is -0.771. The molecule has 0 bridgehead atoms. The first-order valence-electron chi connectivity index (χ1n) is 10.4. The SMILES string of the molecule is C=CCNC1CCN(C[C@@H]2CN(C(C)(C)C)C[C@]2(O)c2ccccc2)CC1. The largest absolute Gasteiger partial charge is 0.383 e. The topological polar surface area (TPSA) is 38.7 Å². The van der Waals surface area contributed by atoms with Crippen molar-refractivity contribution in [1.82, 2.24) is 15.1 Å². The molecule has 3 rings (SSSR count). The summed E-state index contributed by atoms with van der Waals surface area (Å²) in [6.45, 7) is 16.3. The zero-order chi connectivity index (χ0) is 19.5. The van der Waals surface area contributed by atoms with E-state index in [2.05, 4.69) is 54.6 Å². The van der Waals surface area contributed by atoms with Gasteiger partial charge in [0, 0.05) is 43.7 Å². The van der Waals surface area contributed by atoms with Gasteiger partial charge in [0.05, 0.1) is 0 Å². The van der Waals surface area contributed by atoms with Crippen LogP contribution in [-0.4, -0.2) is 65.8 Å². The predicted molar refractivity (Wildman–Crippen MR) is 113 cm³/mol. The Morgan fingerprint density at radius 1 is 1.22 bits per heavy atom. The van der Waals surface area contributed by atoms with Gasteiger partial charge in [-0.15, -0.1) is 6.58 Å². The van der Waals surface area contributed by atoms with Crippen molar-refractivity contribution >= 4 is 0 Å². The second kappa shape index (κ2) is 8.44. The Kier molecular flexibility index (Phi) is 6.42. The average molecular weight is 372 g/mol. The van der Waals surface area contributed by atoms with Gasteiger partial charge in [-0.3, -0.25) is 4.90 Å². The molecule has 0 aliphatic carbocycles. The fourth-order valence-electron chi connectivity index (χ4n) is 4.56. The highest BCUT2D eigenvalue weighted by atomic mass is 16.3. The van der Waals surface area contributed by atoms with Crippen LogP contribution in [0.2, 0.25) is 0 Å². The number of piperidine rings is 1. The summed E-state index contributed by atoms with van der Waals surface area (Å²) in [5.41, 5.74) is 0.357. The van der Waals surface area contributed by atoms with Crippen LogP contribution in [0.4, 0.5) is 0 Å². The Hall–Kier alpha value is -1.20. The molecule has 150 valence electrons. The first-order chi connectivity index (χ1) is 12.8. The van der Waals surface area contributed by atoms with Crippen molar-refractivity contribution in [3.63, 3.8) is 0 Å². The highest BCUT2D eigenvalue weighted by molar-refractivity contribution is 5.26. The molecule has 0 saturated carbocycles. The molecule has 0 spiro atoms. The van der Waals surface area contributed by atoms with E-state index in [4.69, 9.17) is 0 Å². The predicted octanol–water partition coefficient (Wildman–Crippen LogP) is 2.84. The molecule has 1 aromatic carbocycles. The molecule has 4 nitrogen and oxygen atoms in total. The maximum atomic E-state index is 11.8. The Labute approximate surface area is 165 Å². The molecule has 2 aliphatic heterocycles. The number of hydrogen-bond acceptors (Lipinski definition) is 4. The van der Waals surface area contributed by atoms with Gasteiger partial charge in [-0.2, -0.15) is 0 Å². The first-order valence-corrected chi connectivity index (χ1v) is 10.4. The van der Waals surface area contributed by atoms with Gasteiger partial charge >= 0.3 is 0 Å². The van der Waals surface area contributed by atoms with Crippen LogP contribution in [0.15, 0.2) is 43.0 Å². The van der Waals surface area contributed by atoms with Crippen molar-refractivity contribution in [3.05, 3.63) is 48.6 Å². The number of nitrogens with zero attached hydrogens (tertiary/aromatic N) is 2. The number of rotatable bonds is 6. The fraction of sp³-hybridized carbons (Fsp3) is 0.652. The molecular weight excluding hydrogens is 334 g/mol. The van der Waals surface area contributed by atoms with Gasteiger partial charge in [0.15, 0.2) is 0 Å². The van der Waals surface area contributed by atoms with Crippen LogP contribution in [0.3, 0.4) is 0 Å². The molecule has 2 saturated heterocycles. The summed E-state index contributed by atoms with van der Waals surface area (Å²) in [7, 11) is 0. The lowest BCUT2D eigenvalue weighted by Crippen LogP contribution is -2.47. The summed E-state index contributed by atoms with van der Waals surface area (Å²) >= 11 is 0. The molecular formula is C23H37N3O. The van der Waals surface area contributed by atoms with Crippen LogP contribution in [-0.2, 0) is 5.60 Å². The van der Waals surface area contributed by atoms with Crippen molar-refractivity contribution in [2.45, 2.75) is 50.8 Å². The smallest absolute Gasteiger partial charge is 0.107 e. The van der Waals surface area contributed by atoms with Crippen molar-refractivity contribution in [2.75, 3.05) is 39.3 Å². The lowest BCUT2D eigenvalue weighted by Gasteiger charge is -2.37. The standard InChI is InChI=1S/C23H37N3O/c1-5-13-24-21-11-14-25(15-12-21)16-20-17-26(22(2,3)4)18-23(20,27)19-9-7-6-8-10-19/h5-10,20-21,24,27H,1,11-18H2,2-4H3/t20-,23+/m1/s1. The number of β-amino-alcohol motifs (C(OH)–C–C–N with tert-alkyl or cyclic N) is 1. The van der Waals surface area contributed by atoms with Crippen LogP contribution in [0.5, 0.6) is 0 Å². The summed E-state index contributed by atoms with van der Waals surface area (Å²) in [6, 6.07) is 10.9. The van der Waals surface area contributed by atoms with E-state index in [0.717, 1.165) is 38.3 Å². The second-order valence-corrected chi connectivity index (χ2v) is 9.31. The molecule has 2 aliphatic rings. The molecule has 2 N–H and O–H groups in total. The number of hydrogen-bond donors (Lipinski definition) is 2. The maximum absolute atomic E-state index is 11.8. The Morgan fingerprint density at radius 3 is 2.48 bits per heavy atom. The fourth-order valence-corrected chi connectivity index (χ4v) is 4.56. The number of nitrogens with one attached hydrogen (secondary N) is 1. The van der Waals surface area contributed by atoms with Crippen LogP contribution < -0.4 is 5.32 Å². The maximum Gasteiger partial charge on any atom is 0.107 e. The zero-order valence-electron chi connectivity index (χ0n) is 17.3. The molecule has 0 unspecified atom stereocenters.